The van der Waals surface area contributed by atoms with Gasteiger partial charge in [-0.05, 0) is 77.6 Å². The smallest absolute Gasteiger partial charge is 0.252 e. The predicted octanol–water partition coefficient (Wildman–Crippen LogP) is 1.47. The van der Waals surface area contributed by atoms with Crippen molar-refractivity contribution in [3.63, 3.8) is 0 Å². The van der Waals surface area contributed by atoms with Gasteiger partial charge in [-0.1, -0.05) is 18.5 Å². The molecular formula is C21H25ClN6O3. The van der Waals surface area contributed by atoms with Gasteiger partial charge >= 0.3 is 0 Å². The molecule has 2 aromatic rings. The number of carbonyl (C=O) groups excluding carboxylic acids is 2. The molecule has 3 heterocycles. The van der Waals surface area contributed by atoms with E-state index in [9.17, 15) is 14.7 Å². The molecule has 2 bridgehead atoms. The lowest BCUT2D eigenvalue weighted by Crippen LogP contribution is -2.60. The van der Waals surface area contributed by atoms with Crippen LogP contribution in [0.4, 0.5) is 0 Å². The van der Waals surface area contributed by atoms with Crippen molar-refractivity contribution < 1.29 is 14.7 Å². The molecule has 0 radical (unpaired) electrons. The first-order valence-corrected chi connectivity index (χ1v) is 11.0. The van der Waals surface area contributed by atoms with Gasteiger partial charge in [0, 0.05) is 18.1 Å². The summed E-state index contributed by atoms with van der Waals surface area (Å²) in [6, 6.07) is 5.29. The second-order valence-electron chi connectivity index (χ2n) is 9.50. The molecule has 0 unspecified atom stereocenters. The van der Waals surface area contributed by atoms with Crippen molar-refractivity contribution in [2.24, 2.45) is 11.3 Å². The van der Waals surface area contributed by atoms with E-state index in [1.165, 1.54) is 11.0 Å². The maximum atomic E-state index is 13.2. The van der Waals surface area contributed by atoms with Crippen LogP contribution >= 0.6 is 11.6 Å². The van der Waals surface area contributed by atoms with Gasteiger partial charge in [0.2, 0.25) is 5.91 Å². The quantitative estimate of drug-likeness (QED) is 0.668. The molecule has 1 atom stereocenters. The normalized spacial score (nSPS) is 26.3. The summed E-state index contributed by atoms with van der Waals surface area (Å²) in [6.07, 6.45) is 4.25. The van der Waals surface area contributed by atoms with E-state index >= 15 is 0 Å². The van der Waals surface area contributed by atoms with Crippen LogP contribution in [0, 0.1) is 11.3 Å². The number of tetrazole rings is 1. The van der Waals surface area contributed by atoms with Crippen LogP contribution in [-0.4, -0.2) is 60.2 Å². The molecule has 2 amide bonds. The zero-order valence-electron chi connectivity index (χ0n) is 17.3. The number of nitrogens with one attached hydrogen (secondary N) is 1. The zero-order chi connectivity index (χ0) is 21.8. The molecule has 1 aromatic heterocycles. The highest BCUT2D eigenvalue weighted by atomic mass is 35.5. The molecule has 2 N–H and O–H groups in total. The van der Waals surface area contributed by atoms with Gasteiger partial charge in [0.1, 0.15) is 18.0 Å². The maximum Gasteiger partial charge on any atom is 0.252 e. The van der Waals surface area contributed by atoms with E-state index in [4.69, 9.17) is 11.6 Å². The minimum absolute atomic E-state index is 0.0619. The fourth-order valence-corrected chi connectivity index (χ4v) is 5.16. The second kappa shape index (κ2) is 7.27. The van der Waals surface area contributed by atoms with Gasteiger partial charge in [0.05, 0.1) is 5.69 Å². The molecule has 4 fully saturated rings. The van der Waals surface area contributed by atoms with Crippen molar-refractivity contribution in [1.29, 1.82) is 0 Å². The first-order chi connectivity index (χ1) is 14.8. The number of hydrogen-bond donors (Lipinski definition) is 2. The Kier molecular flexibility index (Phi) is 4.78. The van der Waals surface area contributed by atoms with Crippen LogP contribution in [0.15, 0.2) is 24.5 Å². The van der Waals surface area contributed by atoms with Crippen LogP contribution in [0.25, 0.3) is 5.69 Å². The fourth-order valence-electron chi connectivity index (χ4n) is 4.97. The Morgan fingerprint density at radius 1 is 1.35 bits per heavy atom. The molecule has 9 nitrogen and oxygen atoms in total. The fraction of sp³-hybridized carbons (Fsp3) is 0.571. The Morgan fingerprint density at radius 2 is 2.13 bits per heavy atom. The predicted molar refractivity (Wildman–Crippen MR) is 111 cm³/mol. The lowest BCUT2D eigenvalue weighted by Gasteiger charge is -2.41. The van der Waals surface area contributed by atoms with E-state index in [-0.39, 0.29) is 23.8 Å². The summed E-state index contributed by atoms with van der Waals surface area (Å²) in [6.45, 7) is 2.85. The number of aliphatic hydroxyl groups excluding tert-OH is 1. The third-order valence-electron chi connectivity index (χ3n) is 7.05. The molecule has 2 aliphatic heterocycles. The highest BCUT2D eigenvalue weighted by Gasteiger charge is 2.63. The zero-order valence-corrected chi connectivity index (χ0v) is 18.0. The number of halogens is 1. The molecule has 2 saturated carbocycles. The SMILES string of the molecule is CC1(C[C@@H](O)C(=O)N2CC3CC2(C(=O)NCc2cc(Cl)ccc2-n2cnnn2)C3)CC1. The monoisotopic (exact) mass is 444 g/mol. The Balaban J connectivity index is 1.30. The van der Waals surface area contributed by atoms with E-state index in [2.05, 4.69) is 27.8 Å². The minimum atomic E-state index is -1.05. The van der Waals surface area contributed by atoms with Crippen LogP contribution in [0.5, 0.6) is 0 Å². The third kappa shape index (κ3) is 3.59. The third-order valence-corrected chi connectivity index (χ3v) is 7.29. The van der Waals surface area contributed by atoms with Crippen molar-refractivity contribution in [1.82, 2.24) is 30.4 Å². The number of fused-ring (bicyclic) bond motifs is 1. The average molecular weight is 445 g/mol. The Hall–Kier alpha value is -2.52. The summed E-state index contributed by atoms with van der Waals surface area (Å²) in [5.41, 5.74) is 0.678. The minimum Gasteiger partial charge on any atom is -0.383 e. The number of carbonyl (C=O) groups is 2. The van der Waals surface area contributed by atoms with Crippen LogP contribution in [0.1, 0.15) is 44.6 Å². The molecule has 31 heavy (non-hydrogen) atoms. The van der Waals surface area contributed by atoms with E-state index in [1.807, 2.05) is 0 Å². The number of rotatable bonds is 7. The average Bonchev–Trinajstić information content (AvgIpc) is 3.15. The van der Waals surface area contributed by atoms with Gasteiger partial charge in [-0.15, -0.1) is 5.10 Å². The molecule has 6 rings (SSSR count). The number of hydrogen-bond acceptors (Lipinski definition) is 6. The standard InChI is InChI=1S/C21H25ClN6O3/c1-20(4-5-20)9-17(29)18(30)27-11-13-7-21(27,8-13)19(31)23-10-14-6-15(22)2-3-16(14)28-12-24-25-26-28/h2-3,6,12-13,17,29H,4-5,7-11H2,1H3,(H,23,31)/t13?,17-,21?/m1/s1. The van der Waals surface area contributed by atoms with Gasteiger partial charge < -0.3 is 15.3 Å². The summed E-state index contributed by atoms with van der Waals surface area (Å²) in [5.74, 6) is -0.191. The summed E-state index contributed by atoms with van der Waals surface area (Å²) in [4.78, 5) is 27.8. The molecule has 2 saturated heterocycles. The van der Waals surface area contributed by atoms with Crippen LogP contribution < -0.4 is 5.32 Å². The Morgan fingerprint density at radius 3 is 2.81 bits per heavy atom. The topological polar surface area (TPSA) is 113 Å². The number of amides is 2. The molecule has 1 aromatic carbocycles. The Bertz CT molecular complexity index is 1020. The van der Waals surface area contributed by atoms with Crippen molar-refractivity contribution in [3.05, 3.63) is 35.1 Å². The summed E-state index contributed by atoms with van der Waals surface area (Å²) >= 11 is 6.16. The maximum absolute atomic E-state index is 13.2. The summed E-state index contributed by atoms with van der Waals surface area (Å²) in [5, 5.41) is 25.3. The lowest BCUT2D eigenvalue weighted by atomic mass is 9.72. The largest absolute Gasteiger partial charge is 0.383 e. The first-order valence-electron chi connectivity index (χ1n) is 10.6. The molecule has 4 aliphatic rings. The highest BCUT2D eigenvalue weighted by molar-refractivity contribution is 6.30. The van der Waals surface area contributed by atoms with Crippen molar-refractivity contribution in [3.8, 4) is 5.69 Å². The molecule has 164 valence electrons. The summed E-state index contributed by atoms with van der Waals surface area (Å²) in [7, 11) is 0. The highest BCUT2D eigenvalue weighted by Crippen LogP contribution is 2.52. The summed E-state index contributed by atoms with van der Waals surface area (Å²) < 4.78 is 1.51. The number of aromatic nitrogens is 4. The van der Waals surface area contributed by atoms with Crippen LogP contribution in [-0.2, 0) is 16.1 Å². The second-order valence-corrected chi connectivity index (χ2v) is 9.93. The van der Waals surface area contributed by atoms with Crippen molar-refractivity contribution >= 4 is 23.4 Å². The Labute approximate surface area is 184 Å². The van der Waals surface area contributed by atoms with Gasteiger partial charge in [0.15, 0.2) is 0 Å². The number of benzene rings is 1. The van der Waals surface area contributed by atoms with E-state index in [0.29, 0.717) is 42.4 Å². The lowest BCUT2D eigenvalue weighted by molar-refractivity contribution is -0.152. The van der Waals surface area contributed by atoms with Gasteiger partial charge in [-0.3, -0.25) is 9.59 Å². The molecule has 2 aliphatic carbocycles. The van der Waals surface area contributed by atoms with Gasteiger partial charge in [-0.25, -0.2) is 4.68 Å². The van der Waals surface area contributed by atoms with Crippen LogP contribution in [0.3, 0.4) is 0 Å². The van der Waals surface area contributed by atoms with Gasteiger partial charge in [-0.2, -0.15) is 0 Å². The number of aliphatic hydroxyl groups is 1. The molecule has 0 spiro atoms. The van der Waals surface area contributed by atoms with E-state index in [0.717, 1.165) is 18.4 Å². The molecule has 10 heteroatoms. The van der Waals surface area contributed by atoms with Gasteiger partial charge in [0.25, 0.3) is 5.91 Å². The van der Waals surface area contributed by atoms with Crippen LogP contribution in [0.2, 0.25) is 5.02 Å². The van der Waals surface area contributed by atoms with E-state index < -0.39 is 11.6 Å². The van der Waals surface area contributed by atoms with Crippen molar-refractivity contribution in [2.45, 2.75) is 57.2 Å². The van der Waals surface area contributed by atoms with Crippen molar-refractivity contribution in [2.75, 3.05) is 6.54 Å². The molecular weight excluding hydrogens is 420 g/mol. The first kappa shape index (κ1) is 20.4. The number of nitrogens with zero attached hydrogens (tertiary/aromatic N) is 5. The van der Waals surface area contributed by atoms with E-state index in [1.54, 1.807) is 23.1 Å².